The Balaban J connectivity index is 2.67. The molecule has 1 fully saturated rings. The van der Waals surface area contributed by atoms with Gasteiger partial charge in [-0.05, 0) is 38.5 Å². The van der Waals surface area contributed by atoms with Crippen LogP contribution >= 0.6 is 0 Å². The molecule has 0 radical (unpaired) electrons. The van der Waals surface area contributed by atoms with Gasteiger partial charge in [-0.15, -0.1) is 0 Å². The van der Waals surface area contributed by atoms with Crippen molar-refractivity contribution in [3.05, 3.63) is 0 Å². The Kier molecular flexibility index (Phi) is 4.35. The van der Waals surface area contributed by atoms with E-state index in [1.807, 2.05) is 0 Å². The molecule has 2 unspecified atom stereocenters. The van der Waals surface area contributed by atoms with Crippen LogP contribution in [0.4, 0.5) is 0 Å². The fourth-order valence-corrected chi connectivity index (χ4v) is 4.65. The minimum atomic E-state index is -1.43. The zero-order chi connectivity index (χ0) is 11.5. The number of hydrogen-bond acceptors (Lipinski definition) is 3. The van der Waals surface area contributed by atoms with Crippen molar-refractivity contribution in [3.8, 4) is 0 Å². The average Bonchev–Trinajstić information content (AvgIpc) is 2.16. The Morgan fingerprint density at radius 2 is 2.13 bits per heavy atom. The van der Waals surface area contributed by atoms with E-state index in [0.717, 1.165) is 19.4 Å². The molecule has 1 rings (SSSR count). The largest absolute Gasteiger partial charge is 0.411 e. The van der Waals surface area contributed by atoms with Crippen molar-refractivity contribution >= 4 is 8.32 Å². The summed E-state index contributed by atoms with van der Waals surface area (Å²) in [5.41, 5.74) is 6.07. The van der Waals surface area contributed by atoms with Crippen LogP contribution in [0, 0.1) is 0 Å². The zero-order valence-corrected chi connectivity index (χ0v) is 11.6. The molecule has 0 aromatic carbocycles. The fraction of sp³-hybridized carbons (Fsp3) is 1.00. The van der Waals surface area contributed by atoms with Crippen LogP contribution in [-0.2, 0) is 4.43 Å². The monoisotopic (exact) mass is 230 g/mol. The second-order valence-corrected chi connectivity index (χ2v) is 9.44. The number of hydrogen-bond donors (Lipinski definition) is 2. The highest BCUT2D eigenvalue weighted by atomic mass is 28.4. The van der Waals surface area contributed by atoms with Crippen molar-refractivity contribution in [2.45, 2.75) is 64.0 Å². The van der Waals surface area contributed by atoms with Gasteiger partial charge in [0.1, 0.15) is 0 Å². The summed E-state index contributed by atoms with van der Waals surface area (Å²) in [6.07, 6.45) is 3.51. The highest BCUT2D eigenvalue weighted by Gasteiger charge is 2.40. The van der Waals surface area contributed by atoms with E-state index >= 15 is 0 Å². The highest BCUT2D eigenvalue weighted by Crippen LogP contribution is 2.30. The third-order valence-electron chi connectivity index (χ3n) is 3.37. The molecule has 0 bridgehead atoms. The topological polar surface area (TPSA) is 47.3 Å². The highest BCUT2D eigenvalue weighted by molar-refractivity contribution is 6.71. The Morgan fingerprint density at radius 3 is 2.60 bits per heavy atom. The molecular weight excluding hydrogens is 204 g/mol. The van der Waals surface area contributed by atoms with Crippen LogP contribution in [0.15, 0.2) is 0 Å². The molecule has 0 aromatic heterocycles. The van der Waals surface area contributed by atoms with Gasteiger partial charge in [-0.1, -0.05) is 20.3 Å². The predicted octanol–water partition coefficient (Wildman–Crippen LogP) is 2.04. The van der Waals surface area contributed by atoms with Gasteiger partial charge in [-0.25, -0.2) is 0 Å². The van der Waals surface area contributed by atoms with Crippen LogP contribution in [0.25, 0.3) is 0 Å². The molecule has 4 heteroatoms. The first-order valence-electron chi connectivity index (χ1n) is 6.15. The van der Waals surface area contributed by atoms with E-state index in [2.05, 4.69) is 32.3 Å². The van der Waals surface area contributed by atoms with Gasteiger partial charge in [-0.3, -0.25) is 5.32 Å². The zero-order valence-electron chi connectivity index (χ0n) is 10.6. The van der Waals surface area contributed by atoms with E-state index in [9.17, 15) is 0 Å². The second-order valence-electron chi connectivity index (χ2n) is 5.18. The molecule has 0 amide bonds. The van der Waals surface area contributed by atoms with E-state index < -0.39 is 8.32 Å². The van der Waals surface area contributed by atoms with Gasteiger partial charge in [0.25, 0.3) is 0 Å². The van der Waals surface area contributed by atoms with Gasteiger partial charge in [0.05, 0.1) is 11.8 Å². The van der Waals surface area contributed by atoms with Crippen molar-refractivity contribution in [3.63, 3.8) is 0 Å². The van der Waals surface area contributed by atoms with Gasteiger partial charge in [0.15, 0.2) is 8.32 Å². The van der Waals surface area contributed by atoms with Crippen molar-refractivity contribution in [2.75, 3.05) is 6.54 Å². The number of likely N-dealkylation sites (N-methyl/N-ethyl adjacent to an activating group) is 1. The second kappa shape index (κ2) is 4.95. The van der Waals surface area contributed by atoms with Crippen molar-refractivity contribution in [2.24, 2.45) is 5.73 Å². The van der Waals surface area contributed by atoms with Crippen LogP contribution in [0.5, 0.6) is 0 Å². The summed E-state index contributed by atoms with van der Waals surface area (Å²) in [6.45, 7) is 9.73. The number of nitrogens with two attached hydrogens (primary N) is 1. The van der Waals surface area contributed by atoms with Gasteiger partial charge in [-0.2, -0.15) is 0 Å². The molecule has 3 nitrogen and oxygen atoms in total. The van der Waals surface area contributed by atoms with E-state index in [1.165, 1.54) is 12.5 Å². The summed E-state index contributed by atoms with van der Waals surface area (Å²) in [7, 11) is -1.43. The first-order chi connectivity index (χ1) is 6.93. The first kappa shape index (κ1) is 13.2. The Hall–Kier alpha value is 0.0969. The molecule has 1 saturated heterocycles. The van der Waals surface area contributed by atoms with Crippen molar-refractivity contribution in [1.29, 1.82) is 0 Å². The molecule has 1 aliphatic rings. The maximum Gasteiger partial charge on any atom is 0.187 e. The lowest BCUT2D eigenvalue weighted by molar-refractivity contribution is 0.0549. The molecule has 0 saturated carbocycles. The van der Waals surface area contributed by atoms with Gasteiger partial charge < -0.3 is 10.2 Å². The smallest absolute Gasteiger partial charge is 0.187 e. The third-order valence-corrected chi connectivity index (χ3v) is 5.85. The minimum Gasteiger partial charge on any atom is -0.411 e. The maximum atomic E-state index is 6.39. The lowest BCUT2D eigenvalue weighted by Gasteiger charge is -2.44. The van der Waals surface area contributed by atoms with Crippen LogP contribution in [0.3, 0.4) is 0 Å². The van der Waals surface area contributed by atoms with E-state index in [1.54, 1.807) is 0 Å². The van der Waals surface area contributed by atoms with Crippen LogP contribution in [-0.4, -0.2) is 26.6 Å². The van der Waals surface area contributed by atoms with E-state index in [0.29, 0.717) is 0 Å². The van der Waals surface area contributed by atoms with Crippen LogP contribution in [0.2, 0.25) is 19.1 Å². The molecule has 1 aliphatic heterocycles. The molecule has 90 valence electrons. The fourth-order valence-electron chi connectivity index (χ4n) is 2.37. The maximum absolute atomic E-state index is 6.39. The molecule has 1 heterocycles. The normalized spacial score (nSPS) is 29.8. The Bertz CT molecular complexity index is 211. The van der Waals surface area contributed by atoms with E-state index in [-0.39, 0.29) is 11.8 Å². The summed E-state index contributed by atoms with van der Waals surface area (Å²) in [4.78, 5) is 0. The molecule has 3 N–H and O–H groups in total. The van der Waals surface area contributed by atoms with E-state index in [4.69, 9.17) is 10.2 Å². The lowest BCUT2D eigenvalue weighted by Crippen LogP contribution is -2.64. The number of rotatable bonds is 4. The molecule has 2 atom stereocenters. The predicted molar refractivity (Wildman–Crippen MR) is 67.3 cm³/mol. The lowest BCUT2D eigenvalue weighted by atomic mass is 9.97. The Morgan fingerprint density at radius 1 is 1.47 bits per heavy atom. The molecule has 0 aromatic rings. The summed E-state index contributed by atoms with van der Waals surface area (Å²) >= 11 is 0. The van der Waals surface area contributed by atoms with Crippen LogP contribution in [0.1, 0.15) is 33.1 Å². The average molecular weight is 230 g/mol. The standard InChI is InChI=1S/C11H26N2OSi/c1-5-11(12,13-6-2)10-8-7-9-15(3,4)14-10/h10,13H,5-9,12H2,1-4H3. The van der Waals surface area contributed by atoms with Crippen molar-refractivity contribution < 1.29 is 4.43 Å². The van der Waals surface area contributed by atoms with Gasteiger partial charge >= 0.3 is 0 Å². The van der Waals surface area contributed by atoms with Crippen LogP contribution < -0.4 is 11.1 Å². The summed E-state index contributed by atoms with van der Waals surface area (Å²) in [5, 5.41) is 3.39. The summed E-state index contributed by atoms with van der Waals surface area (Å²) < 4.78 is 6.23. The quantitative estimate of drug-likeness (QED) is 0.574. The first-order valence-corrected chi connectivity index (χ1v) is 9.27. The molecular formula is C11H26N2OSi. The van der Waals surface area contributed by atoms with Gasteiger partial charge in [0, 0.05) is 0 Å². The van der Waals surface area contributed by atoms with Crippen molar-refractivity contribution in [1.82, 2.24) is 5.32 Å². The molecule has 15 heavy (non-hydrogen) atoms. The minimum absolute atomic E-state index is 0.206. The molecule has 0 aliphatic carbocycles. The Labute approximate surface area is 94.9 Å². The molecule has 0 spiro atoms. The summed E-state index contributed by atoms with van der Waals surface area (Å²) in [5.74, 6) is 0. The SMILES string of the molecule is CCNC(N)(CC)C1CCC[Si](C)(C)O1. The summed E-state index contributed by atoms with van der Waals surface area (Å²) in [6, 6.07) is 1.27. The number of nitrogens with one attached hydrogen (secondary N) is 1. The van der Waals surface area contributed by atoms with Gasteiger partial charge in [0.2, 0.25) is 0 Å². The third kappa shape index (κ3) is 3.28.